The molecule has 0 aromatic heterocycles. The number of hydrogen-bond donors (Lipinski definition) is 3. The van der Waals surface area contributed by atoms with E-state index in [-0.39, 0.29) is 17.7 Å². The summed E-state index contributed by atoms with van der Waals surface area (Å²) in [6.45, 7) is 4.27. The van der Waals surface area contributed by atoms with Crippen LogP contribution in [0.15, 0.2) is 54.6 Å². The fraction of sp³-hybridized carbons (Fsp3) is 0.286. The second kappa shape index (κ2) is 10.1. The summed E-state index contributed by atoms with van der Waals surface area (Å²) in [6, 6.07) is 15.7. The van der Waals surface area contributed by atoms with Crippen LogP contribution in [0.5, 0.6) is 0 Å². The van der Waals surface area contributed by atoms with Gasteiger partial charge in [0.2, 0.25) is 5.91 Å². The highest BCUT2D eigenvalue weighted by Gasteiger charge is 2.14. The van der Waals surface area contributed by atoms with Crippen molar-refractivity contribution in [1.82, 2.24) is 10.6 Å². The number of carbonyl (C=O) groups excluding carboxylic acids is 3. The number of hydrogen-bond acceptors (Lipinski definition) is 3. The minimum absolute atomic E-state index is 0.0593. The molecule has 2 rings (SSSR count). The van der Waals surface area contributed by atoms with E-state index in [9.17, 15) is 14.4 Å². The van der Waals surface area contributed by atoms with Crippen LogP contribution in [-0.4, -0.2) is 38.0 Å². The minimum atomic E-state index is -0.403. The lowest BCUT2D eigenvalue weighted by molar-refractivity contribution is -0.123. The van der Waals surface area contributed by atoms with Crippen molar-refractivity contribution in [2.75, 3.05) is 30.4 Å². The first-order valence-electron chi connectivity index (χ1n) is 9.14. The van der Waals surface area contributed by atoms with Crippen molar-refractivity contribution in [3.8, 4) is 0 Å². The van der Waals surface area contributed by atoms with Crippen molar-refractivity contribution >= 4 is 29.2 Å². The Hall–Kier alpha value is -3.35. The predicted octanol–water partition coefficient (Wildman–Crippen LogP) is 2.86. The number of para-hydroxylation sites is 1. The third kappa shape index (κ3) is 6.12. The number of rotatable bonds is 7. The Morgan fingerprint density at radius 3 is 2.29 bits per heavy atom. The zero-order valence-electron chi connectivity index (χ0n) is 16.4. The normalized spacial score (nSPS) is 10.3. The number of anilines is 2. The number of carbonyl (C=O) groups is 3. The molecular formula is C21H26N4O3. The summed E-state index contributed by atoms with van der Waals surface area (Å²) in [6.07, 6.45) is 0. The van der Waals surface area contributed by atoms with Crippen LogP contribution in [0.1, 0.15) is 24.2 Å². The van der Waals surface area contributed by atoms with Gasteiger partial charge in [-0.15, -0.1) is 0 Å². The second-order valence-corrected chi connectivity index (χ2v) is 6.61. The van der Waals surface area contributed by atoms with Gasteiger partial charge in [0.05, 0.1) is 0 Å². The predicted molar refractivity (Wildman–Crippen MR) is 110 cm³/mol. The van der Waals surface area contributed by atoms with Crippen molar-refractivity contribution < 1.29 is 14.4 Å². The number of benzene rings is 2. The van der Waals surface area contributed by atoms with Crippen LogP contribution < -0.4 is 20.9 Å². The third-order valence-corrected chi connectivity index (χ3v) is 4.05. The molecule has 2 aromatic carbocycles. The summed E-state index contributed by atoms with van der Waals surface area (Å²) in [4.78, 5) is 37.7. The Bertz CT molecular complexity index is 821. The molecule has 0 unspecified atom stereocenters. The van der Waals surface area contributed by atoms with Gasteiger partial charge in [0.25, 0.3) is 5.91 Å². The molecule has 4 amide bonds. The highest BCUT2D eigenvalue weighted by molar-refractivity contribution is 6.06. The van der Waals surface area contributed by atoms with Crippen molar-refractivity contribution in [2.45, 2.75) is 13.8 Å². The zero-order chi connectivity index (χ0) is 20.5. The molecule has 0 aliphatic heterocycles. The quantitative estimate of drug-likeness (QED) is 0.643. The summed E-state index contributed by atoms with van der Waals surface area (Å²) in [7, 11) is 1.70. The number of nitrogens with one attached hydrogen (secondary N) is 3. The van der Waals surface area contributed by atoms with Gasteiger partial charge in [-0.1, -0.05) is 38.1 Å². The van der Waals surface area contributed by atoms with Crippen molar-refractivity contribution in [3.05, 3.63) is 60.2 Å². The van der Waals surface area contributed by atoms with Crippen LogP contribution >= 0.6 is 0 Å². The van der Waals surface area contributed by atoms with E-state index in [1.807, 2.05) is 30.3 Å². The maximum Gasteiger partial charge on any atom is 0.319 e. The zero-order valence-corrected chi connectivity index (χ0v) is 16.4. The first kappa shape index (κ1) is 21.0. The molecule has 2 aromatic rings. The molecule has 0 bridgehead atoms. The first-order valence-corrected chi connectivity index (χ1v) is 9.14. The molecular weight excluding hydrogens is 356 g/mol. The first-order chi connectivity index (χ1) is 13.4. The maximum absolute atomic E-state index is 12.7. The second-order valence-electron chi connectivity index (χ2n) is 6.61. The average molecular weight is 382 g/mol. The molecule has 0 aliphatic rings. The van der Waals surface area contributed by atoms with E-state index >= 15 is 0 Å². The molecule has 0 aliphatic carbocycles. The summed E-state index contributed by atoms with van der Waals surface area (Å²) in [5, 5.41) is 8.08. The summed E-state index contributed by atoms with van der Waals surface area (Å²) in [5.74, 6) is -0.328. The topological polar surface area (TPSA) is 90.5 Å². The maximum atomic E-state index is 12.7. The van der Waals surface area contributed by atoms with Crippen LogP contribution in [0.25, 0.3) is 0 Å². The van der Waals surface area contributed by atoms with Gasteiger partial charge in [-0.2, -0.15) is 0 Å². The third-order valence-electron chi connectivity index (χ3n) is 4.05. The van der Waals surface area contributed by atoms with Gasteiger partial charge in [0, 0.05) is 43.0 Å². The molecule has 0 atom stereocenters. The highest BCUT2D eigenvalue weighted by Crippen LogP contribution is 2.17. The molecule has 3 N–H and O–H groups in total. The van der Waals surface area contributed by atoms with E-state index in [4.69, 9.17) is 0 Å². The van der Waals surface area contributed by atoms with Gasteiger partial charge < -0.3 is 20.9 Å². The van der Waals surface area contributed by atoms with Crippen LogP contribution in [0.2, 0.25) is 0 Å². The molecule has 28 heavy (non-hydrogen) atoms. The molecule has 0 spiro atoms. The Labute approximate surface area is 165 Å². The lowest BCUT2D eigenvalue weighted by atomic mass is 10.1. The lowest BCUT2D eigenvalue weighted by Gasteiger charge is -2.17. The molecule has 0 heterocycles. The molecule has 0 radical (unpaired) electrons. The highest BCUT2D eigenvalue weighted by atomic mass is 16.2. The van der Waals surface area contributed by atoms with Gasteiger partial charge >= 0.3 is 6.03 Å². The lowest BCUT2D eigenvalue weighted by Crippen LogP contribution is -2.38. The Morgan fingerprint density at radius 2 is 1.61 bits per heavy atom. The SMILES string of the molecule is CC(C)C(=O)NCCNC(=O)Nc1cccc(C(=O)N(C)c2ccccc2)c1. The van der Waals surface area contributed by atoms with Crippen molar-refractivity contribution in [1.29, 1.82) is 0 Å². The van der Waals surface area contributed by atoms with Crippen LogP contribution in [0.4, 0.5) is 16.2 Å². The fourth-order valence-electron chi connectivity index (χ4n) is 2.43. The van der Waals surface area contributed by atoms with Gasteiger partial charge in [-0.05, 0) is 30.3 Å². The smallest absolute Gasteiger partial charge is 0.319 e. The number of urea groups is 1. The monoisotopic (exact) mass is 382 g/mol. The average Bonchev–Trinajstić information content (AvgIpc) is 2.70. The molecule has 7 nitrogen and oxygen atoms in total. The number of nitrogens with zero attached hydrogens (tertiary/aromatic N) is 1. The Kier molecular flexibility index (Phi) is 7.56. The van der Waals surface area contributed by atoms with E-state index in [0.29, 0.717) is 24.3 Å². The fourth-order valence-corrected chi connectivity index (χ4v) is 2.43. The van der Waals surface area contributed by atoms with Crippen molar-refractivity contribution in [3.63, 3.8) is 0 Å². The molecule has 0 fully saturated rings. The summed E-state index contributed by atoms with van der Waals surface area (Å²) >= 11 is 0. The van der Waals surface area contributed by atoms with E-state index in [1.54, 1.807) is 50.1 Å². The van der Waals surface area contributed by atoms with Crippen molar-refractivity contribution in [2.24, 2.45) is 5.92 Å². The van der Waals surface area contributed by atoms with E-state index in [1.165, 1.54) is 0 Å². The van der Waals surface area contributed by atoms with Gasteiger partial charge in [0.1, 0.15) is 0 Å². The van der Waals surface area contributed by atoms with E-state index < -0.39 is 6.03 Å². The van der Waals surface area contributed by atoms with E-state index in [2.05, 4.69) is 16.0 Å². The number of amides is 4. The molecule has 148 valence electrons. The summed E-state index contributed by atoms with van der Waals surface area (Å²) in [5.41, 5.74) is 1.76. The van der Waals surface area contributed by atoms with Gasteiger partial charge in [-0.25, -0.2) is 4.79 Å². The summed E-state index contributed by atoms with van der Waals surface area (Å²) < 4.78 is 0. The Morgan fingerprint density at radius 1 is 0.929 bits per heavy atom. The standard InChI is InChI=1S/C21H26N4O3/c1-15(2)19(26)22-12-13-23-21(28)24-17-9-7-8-16(14-17)20(27)25(3)18-10-5-4-6-11-18/h4-11,14-15H,12-13H2,1-3H3,(H,22,26)(H2,23,24,28). The van der Waals surface area contributed by atoms with Crippen LogP contribution in [0.3, 0.4) is 0 Å². The van der Waals surface area contributed by atoms with Gasteiger partial charge in [-0.3, -0.25) is 9.59 Å². The van der Waals surface area contributed by atoms with Crippen LogP contribution in [-0.2, 0) is 4.79 Å². The minimum Gasteiger partial charge on any atom is -0.354 e. The largest absolute Gasteiger partial charge is 0.354 e. The molecule has 0 saturated heterocycles. The Balaban J connectivity index is 1.89. The van der Waals surface area contributed by atoms with Crippen LogP contribution in [0, 0.1) is 5.92 Å². The molecule has 0 saturated carbocycles. The van der Waals surface area contributed by atoms with Gasteiger partial charge in [0.15, 0.2) is 0 Å². The molecule has 7 heteroatoms. The van der Waals surface area contributed by atoms with E-state index in [0.717, 1.165) is 5.69 Å².